The molecule has 0 amide bonds. The largest absolute Gasteiger partial charge is 0.494 e. The van der Waals surface area contributed by atoms with Crippen molar-refractivity contribution in [3.8, 4) is 11.5 Å². The van der Waals surface area contributed by atoms with Gasteiger partial charge in [-0.2, -0.15) is 8.78 Å². The highest BCUT2D eigenvalue weighted by Gasteiger charge is 2.24. The summed E-state index contributed by atoms with van der Waals surface area (Å²) in [7, 11) is 1.29. The molecule has 150 valence electrons. The number of hydrogen-bond acceptors (Lipinski definition) is 3. The number of ether oxygens (including phenoxy) is 3. The molecule has 1 heterocycles. The van der Waals surface area contributed by atoms with E-state index in [0.29, 0.717) is 12.5 Å². The fraction of sp³-hybridized carbons (Fsp3) is 0.391. The third-order valence-electron chi connectivity index (χ3n) is 5.11. The van der Waals surface area contributed by atoms with Gasteiger partial charge in [-0.1, -0.05) is 30.3 Å². The Bertz CT molecular complexity index is 781. The summed E-state index contributed by atoms with van der Waals surface area (Å²) in [5.41, 5.74) is 2.57. The molecule has 2 unspecified atom stereocenters. The van der Waals surface area contributed by atoms with Crippen LogP contribution >= 0.6 is 0 Å². The Kier molecular flexibility index (Phi) is 7.04. The van der Waals surface area contributed by atoms with Crippen LogP contribution < -0.4 is 9.47 Å². The molecule has 0 aliphatic carbocycles. The van der Waals surface area contributed by atoms with Crippen molar-refractivity contribution >= 4 is 0 Å². The Morgan fingerprint density at radius 3 is 2.43 bits per heavy atom. The maximum atomic E-state index is 14.0. The second-order valence-corrected chi connectivity index (χ2v) is 7.00. The van der Waals surface area contributed by atoms with Crippen LogP contribution in [0.2, 0.25) is 0 Å². The van der Waals surface area contributed by atoms with Gasteiger partial charge in [0.05, 0.1) is 19.8 Å². The Hall–Kier alpha value is -2.40. The molecule has 0 bridgehead atoms. The van der Waals surface area contributed by atoms with Gasteiger partial charge in [-0.05, 0) is 48.9 Å². The van der Waals surface area contributed by atoms with E-state index in [1.54, 1.807) is 0 Å². The SMILES string of the molecule is C=CCCc1ccc(C2CCC(COc3ccc(OC)c(F)c3F)OC2)cc1. The first kappa shape index (κ1) is 20.3. The minimum absolute atomic E-state index is 0.126. The number of hydrogen-bond donors (Lipinski definition) is 0. The number of benzene rings is 2. The third-order valence-corrected chi connectivity index (χ3v) is 5.11. The monoisotopic (exact) mass is 388 g/mol. The zero-order chi connectivity index (χ0) is 19.9. The molecule has 1 aliphatic rings. The maximum absolute atomic E-state index is 14.0. The van der Waals surface area contributed by atoms with Gasteiger partial charge in [-0.3, -0.25) is 0 Å². The topological polar surface area (TPSA) is 27.7 Å². The van der Waals surface area contributed by atoms with Crippen LogP contribution in [0.15, 0.2) is 49.1 Å². The van der Waals surface area contributed by atoms with Gasteiger partial charge in [0, 0.05) is 5.92 Å². The summed E-state index contributed by atoms with van der Waals surface area (Å²) in [5, 5.41) is 0. The first-order valence-electron chi connectivity index (χ1n) is 9.58. The molecule has 0 aromatic heterocycles. The van der Waals surface area contributed by atoms with E-state index in [1.807, 2.05) is 6.08 Å². The van der Waals surface area contributed by atoms with E-state index in [2.05, 4.69) is 30.8 Å². The molecule has 3 nitrogen and oxygen atoms in total. The zero-order valence-corrected chi connectivity index (χ0v) is 16.1. The van der Waals surface area contributed by atoms with Gasteiger partial charge in [0.25, 0.3) is 0 Å². The smallest absolute Gasteiger partial charge is 0.204 e. The van der Waals surface area contributed by atoms with Crippen molar-refractivity contribution in [1.29, 1.82) is 0 Å². The molecule has 3 rings (SSSR count). The van der Waals surface area contributed by atoms with Gasteiger partial charge in [0.15, 0.2) is 11.5 Å². The average molecular weight is 388 g/mol. The van der Waals surface area contributed by atoms with Crippen LogP contribution in [0, 0.1) is 11.6 Å². The Morgan fingerprint density at radius 1 is 1.07 bits per heavy atom. The highest BCUT2D eigenvalue weighted by atomic mass is 19.2. The van der Waals surface area contributed by atoms with Crippen LogP contribution in [0.1, 0.15) is 36.3 Å². The van der Waals surface area contributed by atoms with Gasteiger partial charge in [-0.15, -0.1) is 6.58 Å². The van der Waals surface area contributed by atoms with E-state index >= 15 is 0 Å². The second-order valence-electron chi connectivity index (χ2n) is 7.00. The summed E-state index contributed by atoms with van der Waals surface area (Å²) in [6.07, 6.45) is 5.56. The van der Waals surface area contributed by atoms with Crippen molar-refractivity contribution in [3.63, 3.8) is 0 Å². The first-order valence-corrected chi connectivity index (χ1v) is 9.58. The van der Waals surface area contributed by atoms with Gasteiger partial charge < -0.3 is 14.2 Å². The quantitative estimate of drug-likeness (QED) is 0.564. The van der Waals surface area contributed by atoms with Crippen molar-refractivity contribution in [2.75, 3.05) is 20.3 Å². The van der Waals surface area contributed by atoms with Crippen LogP contribution in [0.25, 0.3) is 0 Å². The van der Waals surface area contributed by atoms with E-state index < -0.39 is 11.6 Å². The molecule has 0 N–H and O–H groups in total. The van der Waals surface area contributed by atoms with E-state index in [1.165, 1.54) is 30.4 Å². The molecule has 0 saturated carbocycles. The molecule has 5 heteroatoms. The summed E-state index contributed by atoms with van der Waals surface area (Å²) in [6, 6.07) is 11.4. The maximum Gasteiger partial charge on any atom is 0.204 e. The summed E-state index contributed by atoms with van der Waals surface area (Å²) in [5.74, 6) is -2.00. The standard InChI is InChI=1S/C23H26F2O3/c1-3-4-5-16-6-8-17(9-7-16)18-10-11-19(27-14-18)15-28-21-13-12-20(26-2)22(24)23(21)25/h3,6-9,12-13,18-19H,1,4-5,10-11,14-15H2,2H3. The Balaban J connectivity index is 1.49. The van der Waals surface area contributed by atoms with Crippen molar-refractivity contribution in [2.45, 2.75) is 37.7 Å². The van der Waals surface area contributed by atoms with Crippen molar-refractivity contribution in [2.24, 2.45) is 0 Å². The van der Waals surface area contributed by atoms with Crippen LogP contribution in [0.4, 0.5) is 8.78 Å². The molecule has 2 aromatic rings. The predicted molar refractivity (Wildman–Crippen MR) is 105 cm³/mol. The van der Waals surface area contributed by atoms with Crippen molar-refractivity contribution in [3.05, 3.63) is 71.8 Å². The summed E-state index contributed by atoms with van der Waals surface area (Å²) in [4.78, 5) is 0. The third kappa shape index (κ3) is 4.90. The summed E-state index contributed by atoms with van der Waals surface area (Å²) < 4.78 is 43.8. The lowest BCUT2D eigenvalue weighted by atomic mass is 9.90. The summed E-state index contributed by atoms with van der Waals surface area (Å²) in [6.45, 7) is 4.54. The Labute approximate surface area is 164 Å². The normalized spacial score (nSPS) is 19.2. The van der Waals surface area contributed by atoms with Crippen molar-refractivity contribution in [1.82, 2.24) is 0 Å². The second kappa shape index (κ2) is 9.69. The molecule has 28 heavy (non-hydrogen) atoms. The fourth-order valence-corrected chi connectivity index (χ4v) is 3.39. The molecule has 1 saturated heterocycles. The first-order chi connectivity index (χ1) is 13.6. The van der Waals surface area contributed by atoms with E-state index in [9.17, 15) is 8.78 Å². The van der Waals surface area contributed by atoms with Gasteiger partial charge in [0.1, 0.15) is 6.61 Å². The molecule has 1 aliphatic heterocycles. The highest BCUT2D eigenvalue weighted by Crippen LogP contribution is 2.30. The molecule has 2 atom stereocenters. The van der Waals surface area contributed by atoms with E-state index in [-0.39, 0.29) is 24.2 Å². The zero-order valence-electron chi connectivity index (χ0n) is 16.1. The molecule has 0 radical (unpaired) electrons. The van der Waals surface area contributed by atoms with Crippen LogP contribution in [0.5, 0.6) is 11.5 Å². The predicted octanol–water partition coefficient (Wildman–Crippen LogP) is 5.43. The number of halogens is 2. The number of methoxy groups -OCH3 is 1. The Morgan fingerprint density at radius 2 is 1.79 bits per heavy atom. The van der Waals surface area contributed by atoms with Crippen molar-refractivity contribution < 1.29 is 23.0 Å². The van der Waals surface area contributed by atoms with E-state index in [4.69, 9.17) is 14.2 Å². The van der Waals surface area contributed by atoms with Gasteiger partial charge >= 0.3 is 0 Å². The lowest BCUT2D eigenvalue weighted by Crippen LogP contribution is -2.29. The number of allylic oxidation sites excluding steroid dienone is 1. The lowest BCUT2D eigenvalue weighted by molar-refractivity contribution is -0.0219. The number of rotatable bonds is 8. The highest BCUT2D eigenvalue weighted by molar-refractivity contribution is 5.35. The fourth-order valence-electron chi connectivity index (χ4n) is 3.39. The minimum Gasteiger partial charge on any atom is -0.494 e. The molecular weight excluding hydrogens is 362 g/mol. The lowest BCUT2D eigenvalue weighted by Gasteiger charge is -2.29. The molecular formula is C23H26F2O3. The van der Waals surface area contributed by atoms with Crippen LogP contribution in [-0.2, 0) is 11.2 Å². The molecule has 1 fully saturated rings. The van der Waals surface area contributed by atoms with E-state index in [0.717, 1.165) is 25.7 Å². The van der Waals surface area contributed by atoms with Crippen LogP contribution in [0.3, 0.4) is 0 Å². The summed E-state index contributed by atoms with van der Waals surface area (Å²) >= 11 is 0. The van der Waals surface area contributed by atoms with Gasteiger partial charge in [-0.25, -0.2) is 0 Å². The van der Waals surface area contributed by atoms with Gasteiger partial charge in [0.2, 0.25) is 11.6 Å². The molecule has 0 spiro atoms. The number of aryl methyl sites for hydroxylation is 1. The molecule has 2 aromatic carbocycles. The minimum atomic E-state index is -1.04. The van der Waals surface area contributed by atoms with Crippen LogP contribution in [-0.4, -0.2) is 26.4 Å². The average Bonchev–Trinajstić information content (AvgIpc) is 2.74.